The van der Waals surface area contributed by atoms with E-state index in [0.717, 1.165) is 5.39 Å². The van der Waals surface area contributed by atoms with E-state index in [0.29, 0.717) is 35.1 Å². The Morgan fingerprint density at radius 2 is 2.00 bits per heavy atom. The maximum atomic E-state index is 9.13. The molecule has 1 aromatic carbocycles. The molecular weight excluding hydrogens is 244 g/mol. The average molecular weight is 258 g/mol. The van der Waals surface area contributed by atoms with Crippen LogP contribution >= 0.6 is 0 Å². The summed E-state index contributed by atoms with van der Waals surface area (Å²) in [5.41, 5.74) is 1.04. The molecule has 5 heteroatoms. The molecule has 19 heavy (non-hydrogen) atoms. The van der Waals surface area contributed by atoms with Crippen LogP contribution in [-0.4, -0.2) is 25.8 Å². The van der Waals surface area contributed by atoms with Crippen molar-refractivity contribution >= 4 is 10.9 Å². The number of hydrogen-bond donors (Lipinski definition) is 0. The van der Waals surface area contributed by atoms with Gasteiger partial charge in [0.25, 0.3) is 0 Å². The predicted octanol–water partition coefficient (Wildman–Crippen LogP) is 2.52. The van der Waals surface area contributed by atoms with Crippen molar-refractivity contribution in [3.8, 4) is 23.4 Å². The fourth-order valence-corrected chi connectivity index (χ4v) is 1.81. The quantitative estimate of drug-likeness (QED) is 0.843. The van der Waals surface area contributed by atoms with E-state index < -0.39 is 0 Å². The van der Waals surface area contributed by atoms with E-state index >= 15 is 0 Å². The van der Waals surface area contributed by atoms with Crippen molar-refractivity contribution in [3.05, 3.63) is 23.8 Å². The Bertz CT molecular complexity index is 647. The second-order valence-electron chi connectivity index (χ2n) is 3.79. The lowest BCUT2D eigenvalue weighted by Gasteiger charge is -2.10. The maximum absolute atomic E-state index is 9.13. The molecular formula is C14H14N2O3. The van der Waals surface area contributed by atoms with Gasteiger partial charge in [0, 0.05) is 11.5 Å². The molecule has 0 N–H and O–H groups in total. The number of hydrogen-bond acceptors (Lipinski definition) is 5. The standard InChI is InChI=1S/C14H14N2O3/c1-4-19-14-10(8-15)5-9-6-11(17-2)7-12(18-3)13(9)16-14/h5-7H,4H2,1-3H3. The Morgan fingerprint density at radius 3 is 2.58 bits per heavy atom. The molecule has 1 heterocycles. The number of aromatic nitrogens is 1. The minimum atomic E-state index is 0.320. The third-order valence-electron chi connectivity index (χ3n) is 2.68. The maximum Gasteiger partial charge on any atom is 0.232 e. The number of pyridine rings is 1. The van der Waals surface area contributed by atoms with Gasteiger partial charge in [-0.25, -0.2) is 4.98 Å². The second kappa shape index (κ2) is 5.44. The first kappa shape index (κ1) is 13.0. The van der Waals surface area contributed by atoms with Crippen LogP contribution in [0.3, 0.4) is 0 Å². The molecule has 0 aliphatic heterocycles. The molecule has 2 aromatic rings. The number of methoxy groups -OCH3 is 2. The normalized spacial score (nSPS) is 10.0. The van der Waals surface area contributed by atoms with E-state index in [1.165, 1.54) is 0 Å². The van der Waals surface area contributed by atoms with E-state index in [2.05, 4.69) is 11.1 Å². The molecule has 0 aliphatic rings. The summed E-state index contributed by atoms with van der Waals surface area (Å²) in [6.07, 6.45) is 0. The number of ether oxygens (including phenoxy) is 3. The number of nitrogens with zero attached hydrogens (tertiary/aromatic N) is 2. The monoisotopic (exact) mass is 258 g/mol. The minimum absolute atomic E-state index is 0.320. The smallest absolute Gasteiger partial charge is 0.232 e. The van der Waals surface area contributed by atoms with Gasteiger partial charge in [-0.3, -0.25) is 0 Å². The van der Waals surface area contributed by atoms with Gasteiger partial charge in [-0.1, -0.05) is 0 Å². The van der Waals surface area contributed by atoms with Crippen molar-refractivity contribution in [2.45, 2.75) is 6.92 Å². The van der Waals surface area contributed by atoms with Crippen LogP contribution in [0.15, 0.2) is 18.2 Å². The molecule has 0 spiro atoms. The number of nitriles is 1. The SMILES string of the molecule is CCOc1nc2c(OC)cc(OC)cc2cc1C#N. The van der Waals surface area contributed by atoms with Crippen molar-refractivity contribution < 1.29 is 14.2 Å². The Balaban J connectivity index is 2.73. The lowest BCUT2D eigenvalue weighted by molar-refractivity contribution is 0.326. The van der Waals surface area contributed by atoms with Crippen LogP contribution in [0.4, 0.5) is 0 Å². The number of fused-ring (bicyclic) bond motifs is 1. The van der Waals surface area contributed by atoms with Crippen LogP contribution < -0.4 is 14.2 Å². The molecule has 0 radical (unpaired) electrons. The van der Waals surface area contributed by atoms with Gasteiger partial charge in [-0.15, -0.1) is 0 Å². The van der Waals surface area contributed by atoms with Crippen LogP contribution in [0.5, 0.6) is 17.4 Å². The van der Waals surface area contributed by atoms with Crippen molar-refractivity contribution in [2.24, 2.45) is 0 Å². The minimum Gasteiger partial charge on any atom is -0.497 e. The van der Waals surface area contributed by atoms with Gasteiger partial charge in [-0.2, -0.15) is 5.26 Å². The molecule has 0 bridgehead atoms. The van der Waals surface area contributed by atoms with Gasteiger partial charge in [0.2, 0.25) is 5.88 Å². The van der Waals surface area contributed by atoms with Crippen LogP contribution in [0, 0.1) is 11.3 Å². The summed E-state index contributed by atoms with van der Waals surface area (Å²) in [5, 5.41) is 9.90. The zero-order valence-corrected chi connectivity index (χ0v) is 11.1. The van der Waals surface area contributed by atoms with Gasteiger partial charge in [0.15, 0.2) is 0 Å². The highest BCUT2D eigenvalue weighted by Gasteiger charge is 2.12. The highest BCUT2D eigenvalue weighted by Crippen LogP contribution is 2.32. The van der Waals surface area contributed by atoms with Crippen molar-refractivity contribution in [1.82, 2.24) is 4.98 Å². The molecule has 1 aromatic heterocycles. The van der Waals surface area contributed by atoms with Crippen molar-refractivity contribution in [2.75, 3.05) is 20.8 Å². The molecule has 0 saturated heterocycles. The Labute approximate surface area is 111 Å². The zero-order chi connectivity index (χ0) is 13.8. The Morgan fingerprint density at radius 1 is 1.21 bits per heavy atom. The van der Waals surface area contributed by atoms with E-state index in [-0.39, 0.29) is 0 Å². The summed E-state index contributed by atoms with van der Waals surface area (Å²) < 4.78 is 15.9. The summed E-state index contributed by atoms with van der Waals surface area (Å²) in [7, 11) is 3.14. The fourth-order valence-electron chi connectivity index (χ4n) is 1.81. The highest BCUT2D eigenvalue weighted by molar-refractivity contribution is 5.88. The highest BCUT2D eigenvalue weighted by atomic mass is 16.5. The molecule has 0 unspecified atom stereocenters. The van der Waals surface area contributed by atoms with Gasteiger partial charge >= 0.3 is 0 Å². The van der Waals surface area contributed by atoms with Gasteiger partial charge in [0.05, 0.1) is 20.8 Å². The van der Waals surface area contributed by atoms with E-state index in [4.69, 9.17) is 19.5 Å². The molecule has 2 rings (SSSR count). The van der Waals surface area contributed by atoms with Crippen LogP contribution in [0.1, 0.15) is 12.5 Å². The number of rotatable bonds is 4. The Hall–Kier alpha value is -2.48. The topological polar surface area (TPSA) is 64.4 Å². The van der Waals surface area contributed by atoms with Gasteiger partial charge in [-0.05, 0) is 19.1 Å². The first-order valence-corrected chi connectivity index (χ1v) is 5.83. The molecule has 0 atom stereocenters. The number of benzene rings is 1. The summed E-state index contributed by atoms with van der Waals surface area (Å²) in [5.74, 6) is 1.56. The summed E-state index contributed by atoms with van der Waals surface area (Å²) >= 11 is 0. The lowest BCUT2D eigenvalue weighted by Crippen LogP contribution is -1.99. The first-order valence-electron chi connectivity index (χ1n) is 5.83. The molecule has 98 valence electrons. The molecule has 5 nitrogen and oxygen atoms in total. The third-order valence-corrected chi connectivity index (χ3v) is 2.68. The fraction of sp³-hybridized carbons (Fsp3) is 0.286. The van der Waals surface area contributed by atoms with Crippen LogP contribution in [0.2, 0.25) is 0 Å². The summed E-state index contributed by atoms with van der Waals surface area (Å²) in [4.78, 5) is 4.36. The largest absolute Gasteiger partial charge is 0.497 e. The van der Waals surface area contributed by atoms with Crippen LogP contribution in [-0.2, 0) is 0 Å². The Kier molecular flexibility index (Phi) is 3.71. The summed E-state index contributed by atoms with van der Waals surface area (Å²) in [6, 6.07) is 7.35. The van der Waals surface area contributed by atoms with E-state index in [9.17, 15) is 0 Å². The van der Waals surface area contributed by atoms with Crippen molar-refractivity contribution in [3.63, 3.8) is 0 Å². The summed E-state index contributed by atoms with van der Waals surface area (Å²) in [6.45, 7) is 2.30. The second-order valence-corrected chi connectivity index (χ2v) is 3.79. The zero-order valence-electron chi connectivity index (χ0n) is 11.1. The lowest BCUT2D eigenvalue weighted by atomic mass is 10.1. The molecule has 0 saturated carbocycles. The average Bonchev–Trinajstić information content (AvgIpc) is 2.45. The van der Waals surface area contributed by atoms with E-state index in [1.54, 1.807) is 32.4 Å². The third kappa shape index (κ3) is 2.38. The van der Waals surface area contributed by atoms with Crippen molar-refractivity contribution in [1.29, 1.82) is 5.26 Å². The van der Waals surface area contributed by atoms with Crippen LogP contribution in [0.25, 0.3) is 10.9 Å². The molecule has 0 amide bonds. The first-order chi connectivity index (χ1) is 9.23. The molecule has 0 aliphatic carbocycles. The van der Waals surface area contributed by atoms with E-state index in [1.807, 2.05) is 6.92 Å². The molecule has 0 fully saturated rings. The predicted molar refractivity (Wildman–Crippen MR) is 70.7 cm³/mol. The van der Waals surface area contributed by atoms with Gasteiger partial charge in [0.1, 0.15) is 28.6 Å². The van der Waals surface area contributed by atoms with Gasteiger partial charge < -0.3 is 14.2 Å².